The zero-order valence-electron chi connectivity index (χ0n) is 17.3. The fraction of sp³-hybridized carbons (Fsp3) is 0.500. The summed E-state index contributed by atoms with van der Waals surface area (Å²) in [6, 6.07) is 5.99. The average molecular weight is 396 g/mol. The third kappa shape index (κ3) is 4.34. The van der Waals surface area contributed by atoms with Gasteiger partial charge >= 0.3 is 11.8 Å². The summed E-state index contributed by atoms with van der Waals surface area (Å²) in [5.74, 6) is 1.21. The molecule has 7 heteroatoms. The van der Waals surface area contributed by atoms with Crippen LogP contribution in [0.25, 0.3) is 22.6 Å². The maximum atomic E-state index is 12.3. The van der Waals surface area contributed by atoms with E-state index >= 15 is 0 Å². The molecule has 0 bridgehead atoms. The molecular weight excluding hydrogens is 368 g/mol. The summed E-state index contributed by atoms with van der Waals surface area (Å²) in [7, 11) is 0. The number of piperidine rings is 1. The Morgan fingerprint density at radius 2 is 2.21 bits per heavy atom. The van der Waals surface area contributed by atoms with Crippen LogP contribution in [0.15, 0.2) is 27.1 Å². The monoisotopic (exact) mass is 396 g/mol. The highest BCUT2D eigenvalue weighted by Crippen LogP contribution is 2.31. The summed E-state index contributed by atoms with van der Waals surface area (Å²) in [5, 5.41) is 7.83. The molecule has 0 radical (unpaired) electrons. The van der Waals surface area contributed by atoms with E-state index in [1.807, 2.05) is 26.0 Å². The smallest absolute Gasteiger partial charge is 0.316 e. The summed E-state index contributed by atoms with van der Waals surface area (Å²) in [6.07, 6.45) is 3.48. The Morgan fingerprint density at radius 3 is 3.03 bits per heavy atom. The van der Waals surface area contributed by atoms with Gasteiger partial charge in [-0.2, -0.15) is 4.98 Å². The Labute approximate surface area is 170 Å². The van der Waals surface area contributed by atoms with Gasteiger partial charge in [-0.05, 0) is 64.3 Å². The topological polar surface area (TPSA) is 84.4 Å². The van der Waals surface area contributed by atoms with E-state index in [1.165, 1.54) is 12.8 Å². The number of carbonyl (C=O) groups is 1. The first-order chi connectivity index (χ1) is 14.0. The van der Waals surface area contributed by atoms with Crippen molar-refractivity contribution in [3.8, 4) is 11.6 Å². The zero-order chi connectivity index (χ0) is 20.4. The molecule has 1 N–H and O–H groups in total. The Balaban J connectivity index is 1.35. The maximum Gasteiger partial charge on any atom is 0.316 e. The highest BCUT2D eigenvalue weighted by molar-refractivity contribution is 5.90. The molecule has 7 nitrogen and oxygen atoms in total. The van der Waals surface area contributed by atoms with E-state index in [4.69, 9.17) is 8.94 Å². The Hall–Kier alpha value is -2.67. The van der Waals surface area contributed by atoms with Crippen LogP contribution in [0.3, 0.4) is 0 Å². The number of hydrogen-bond donors (Lipinski definition) is 1. The summed E-state index contributed by atoms with van der Waals surface area (Å²) < 4.78 is 11.1. The summed E-state index contributed by atoms with van der Waals surface area (Å²) in [6.45, 7) is 10.2. The van der Waals surface area contributed by atoms with Gasteiger partial charge in [0.1, 0.15) is 5.58 Å². The van der Waals surface area contributed by atoms with Crippen LogP contribution >= 0.6 is 0 Å². The molecule has 29 heavy (non-hydrogen) atoms. The van der Waals surface area contributed by atoms with Gasteiger partial charge in [-0.3, -0.25) is 4.79 Å². The van der Waals surface area contributed by atoms with Gasteiger partial charge in [-0.15, -0.1) is 0 Å². The molecule has 1 amide bonds. The standard InChI is InChI=1S/C22H28N4O3/c1-14-7-8-18-17(12-14)16(3)19(28-18)20-24-22(29-25-20)21(27)23-9-5-11-26-10-4-6-15(2)13-26/h7-8,12,15H,4-6,9-11,13H2,1-3H3,(H,23,27)/t15-/m1/s1. The second-order valence-electron chi connectivity index (χ2n) is 8.14. The van der Waals surface area contributed by atoms with Gasteiger partial charge in [0.05, 0.1) is 0 Å². The van der Waals surface area contributed by atoms with E-state index in [-0.39, 0.29) is 11.8 Å². The molecule has 1 saturated heterocycles. The van der Waals surface area contributed by atoms with Gasteiger partial charge in [-0.25, -0.2) is 0 Å². The van der Waals surface area contributed by atoms with Gasteiger partial charge in [0.15, 0.2) is 5.76 Å². The lowest BCUT2D eigenvalue weighted by Crippen LogP contribution is -2.36. The summed E-state index contributed by atoms with van der Waals surface area (Å²) >= 11 is 0. The van der Waals surface area contributed by atoms with Gasteiger partial charge < -0.3 is 19.2 Å². The Kier molecular flexibility index (Phi) is 5.67. The quantitative estimate of drug-likeness (QED) is 0.635. The van der Waals surface area contributed by atoms with Crippen molar-refractivity contribution in [1.29, 1.82) is 0 Å². The number of amides is 1. The van der Waals surface area contributed by atoms with Crippen molar-refractivity contribution in [2.24, 2.45) is 5.92 Å². The summed E-state index contributed by atoms with van der Waals surface area (Å²) in [4.78, 5) is 19.1. The minimum absolute atomic E-state index is 0.0392. The number of fused-ring (bicyclic) bond motifs is 1. The number of aryl methyl sites for hydroxylation is 2. The first kappa shape index (κ1) is 19.6. The molecule has 154 valence electrons. The van der Waals surface area contributed by atoms with Crippen LogP contribution in [0, 0.1) is 19.8 Å². The van der Waals surface area contributed by atoms with Crippen molar-refractivity contribution in [2.75, 3.05) is 26.2 Å². The fourth-order valence-electron chi connectivity index (χ4n) is 4.03. The minimum atomic E-state index is -0.347. The molecule has 1 fully saturated rings. The molecule has 0 unspecified atom stereocenters. The molecule has 1 aromatic carbocycles. The van der Waals surface area contributed by atoms with Crippen molar-refractivity contribution in [3.63, 3.8) is 0 Å². The van der Waals surface area contributed by atoms with E-state index in [0.29, 0.717) is 18.1 Å². The molecule has 1 aliphatic heterocycles. The SMILES string of the molecule is Cc1ccc2oc(-c3noc(C(=O)NCCCN4CCC[C@@H](C)C4)n3)c(C)c2c1. The molecule has 0 saturated carbocycles. The van der Waals surface area contributed by atoms with E-state index in [1.54, 1.807) is 0 Å². The van der Waals surface area contributed by atoms with E-state index in [9.17, 15) is 4.79 Å². The lowest BCUT2D eigenvalue weighted by molar-refractivity contribution is 0.0906. The fourth-order valence-corrected chi connectivity index (χ4v) is 4.03. The zero-order valence-corrected chi connectivity index (χ0v) is 17.3. The number of benzene rings is 1. The van der Waals surface area contributed by atoms with Crippen molar-refractivity contribution in [2.45, 2.75) is 40.0 Å². The number of aromatic nitrogens is 2. The van der Waals surface area contributed by atoms with Crippen LogP contribution < -0.4 is 5.32 Å². The van der Waals surface area contributed by atoms with E-state index in [2.05, 4.69) is 33.3 Å². The normalized spacial score (nSPS) is 17.7. The van der Waals surface area contributed by atoms with Crippen molar-refractivity contribution in [1.82, 2.24) is 20.4 Å². The largest absolute Gasteiger partial charge is 0.452 e. The Bertz CT molecular complexity index is 1010. The predicted octanol–water partition coefficient (Wildman–Crippen LogP) is 3.95. The lowest BCUT2D eigenvalue weighted by Gasteiger charge is -2.30. The molecule has 3 heterocycles. The van der Waals surface area contributed by atoms with Gasteiger partial charge in [0, 0.05) is 24.0 Å². The highest BCUT2D eigenvalue weighted by Gasteiger charge is 2.21. The molecular formula is C22H28N4O3. The van der Waals surface area contributed by atoms with Crippen LogP contribution in [0.5, 0.6) is 0 Å². The molecule has 0 spiro atoms. The van der Waals surface area contributed by atoms with E-state index < -0.39 is 0 Å². The second kappa shape index (κ2) is 8.37. The number of carbonyl (C=O) groups excluding carboxylic acids is 1. The molecule has 0 aliphatic carbocycles. The van der Waals surface area contributed by atoms with Gasteiger partial charge in [0.25, 0.3) is 0 Å². The molecule has 1 atom stereocenters. The van der Waals surface area contributed by atoms with Gasteiger partial charge in [0.2, 0.25) is 5.82 Å². The number of likely N-dealkylation sites (tertiary alicyclic amines) is 1. The van der Waals surface area contributed by atoms with Crippen LogP contribution in [0.2, 0.25) is 0 Å². The van der Waals surface area contributed by atoms with Crippen LogP contribution in [0.1, 0.15) is 48.0 Å². The summed E-state index contributed by atoms with van der Waals surface area (Å²) in [5.41, 5.74) is 2.86. The highest BCUT2D eigenvalue weighted by atomic mass is 16.5. The third-order valence-electron chi connectivity index (χ3n) is 5.59. The number of furan rings is 1. The minimum Gasteiger partial charge on any atom is -0.452 e. The number of nitrogens with one attached hydrogen (secondary N) is 1. The third-order valence-corrected chi connectivity index (χ3v) is 5.59. The maximum absolute atomic E-state index is 12.3. The van der Waals surface area contributed by atoms with Gasteiger partial charge in [-0.1, -0.05) is 23.7 Å². The first-order valence-corrected chi connectivity index (χ1v) is 10.4. The first-order valence-electron chi connectivity index (χ1n) is 10.4. The van der Waals surface area contributed by atoms with Crippen LogP contribution in [0.4, 0.5) is 0 Å². The second-order valence-corrected chi connectivity index (χ2v) is 8.14. The average Bonchev–Trinajstić information content (AvgIpc) is 3.31. The van der Waals surface area contributed by atoms with Crippen molar-refractivity contribution < 1.29 is 13.7 Å². The molecule has 1 aliphatic rings. The van der Waals surface area contributed by atoms with E-state index in [0.717, 1.165) is 54.1 Å². The molecule has 2 aromatic heterocycles. The molecule has 4 rings (SSSR count). The number of hydrogen-bond acceptors (Lipinski definition) is 6. The lowest BCUT2D eigenvalue weighted by atomic mass is 10.0. The number of nitrogens with zero attached hydrogens (tertiary/aromatic N) is 3. The van der Waals surface area contributed by atoms with Crippen molar-refractivity contribution in [3.05, 3.63) is 35.2 Å². The van der Waals surface area contributed by atoms with Crippen LogP contribution in [-0.4, -0.2) is 47.1 Å². The number of rotatable bonds is 6. The predicted molar refractivity (Wildman–Crippen MR) is 111 cm³/mol. The molecule has 3 aromatic rings. The van der Waals surface area contributed by atoms with Crippen LogP contribution in [-0.2, 0) is 0 Å². The van der Waals surface area contributed by atoms with Crippen molar-refractivity contribution >= 4 is 16.9 Å². The Morgan fingerprint density at radius 1 is 1.34 bits per heavy atom.